The van der Waals surface area contributed by atoms with Gasteiger partial charge in [-0.25, -0.2) is 9.78 Å². The van der Waals surface area contributed by atoms with Gasteiger partial charge in [0.1, 0.15) is 0 Å². The number of hydrogen-bond donors (Lipinski definition) is 3. The van der Waals surface area contributed by atoms with Gasteiger partial charge in [0.25, 0.3) is 0 Å². The Morgan fingerprint density at radius 1 is 0.938 bits per heavy atom. The highest BCUT2D eigenvalue weighted by Gasteiger charge is 2.35. The van der Waals surface area contributed by atoms with Crippen LogP contribution in [0.2, 0.25) is 0 Å². The van der Waals surface area contributed by atoms with E-state index in [4.69, 9.17) is 25.4 Å². The van der Waals surface area contributed by atoms with Crippen LogP contribution in [0, 0.1) is 0 Å². The van der Waals surface area contributed by atoms with Crippen LogP contribution in [0.15, 0.2) is 48.5 Å². The second kappa shape index (κ2) is 8.43. The number of nitrogen functional groups attached to an aromatic ring is 1. The van der Waals surface area contributed by atoms with E-state index in [1.165, 1.54) is 0 Å². The number of hydrogen-bond acceptors (Lipinski definition) is 7. The smallest absolute Gasteiger partial charge is 0.318 e. The largest absolute Gasteiger partial charge is 0.399 e. The van der Waals surface area contributed by atoms with Crippen LogP contribution < -0.4 is 21.3 Å². The van der Waals surface area contributed by atoms with Crippen molar-refractivity contribution in [2.24, 2.45) is 0 Å². The molecule has 0 radical (unpaired) electrons. The second-order valence-electron chi connectivity index (χ2n) is 8.05. The number of aromatic nitrogens is 3. The molecule has 0 aliphatic carbocycles. The van der Waals surface area contributed by atoms with Gasteiger partial charge in [0.05, 0.1) is 12.2 Å². The van der Waals surface area contributed by atoms with Crippen LogP contribution in [0.4, 0.5) is 22.1 Å². The number of morpholine rings is 1. The molecule has 32 heavy (non-hydrogen) atoms. The summed E-state index contributed by atoms with van der Waals surface area (Å²) in [4.78, 5) is 28.1. The highest BCUT2D eigenvalue weighted by atomic mass is 16.5. The van der Waals surface area contributed by atoms with Gasteiger partial charge < -0.3 is 26.0 Å². The number of carbonyl (C=O) groups excluding carboxylic acids is 1. The predicted octanol–water partition coefficient (Wildman–Crippen LogP) is 2.91. The molecule has 1 aromatic heterocycles. The third-order valence-electron chi connectivity index (χ3n) is 5.75. The molecule has 4 N–H and O–H groups in total. The monoisotopic (exact) mass is 431 g/mol. The van der Waals surface area contributed by atoms with Crippen molar-refractivity contribution >= 4 is 23.4 Å². The van der Waals surface area contributed by atoms with Gasteiger partial charge in [0, 0.05) is 42.6 Å². The summed E-state index contributed by atoms with van der Waals surface area (Å²) in [5.41, 5.74) is 8.94. The summed E-state index contributed by atoms with van der Waals surface area (Å²) in [6.45, 7) is 1.55. The van der Waals surface area contributed by atoms with E-state index in [0.717, 1.165) is 37.1 Å². The Kier molecular flexibility index (Phi) is 5.32. The standard InChI is InChI=1S/C23H25N7O2/c1-25-23(31)26-17-8-4-15(5-9-17)21-27-20(14-2-6-16(24)7-3-14)28-22(29-21)30-12-18-10-11-19(13-30)32-18/h2-9,18-19H,10-13,24H2,1H3,(H2,25,26,31). The number of benzene rings is 2. The molecular weight excluding hydrogens is 406 g/mol. The van der Waals surface area contributed by atoms with Gasteiger partial charge in [-0.2, -0.15) is 9.97 Å². The Labute approximate surface area is 186 Å². The molecule has 2 fully saturated rings. The number of anilines is 3. The lowest BCUT2D eigenvalue weighted by atomic mass is 10.1. The van der Waals surface area contributed by atoms with Crippen LogP contribution >= 0.6 is 0 Å². The van der Waals surface area contributed by atoms with Crippen molar-refractivity contribution in [2.45, 2.75) is 25.0 Å². The number of amides is 2. The molecule has 2 atom stereocenters. The summed E-state index contributed by atoms with van der Waals surface area (Å²) in [5.74, 6) is 1.82. The first-order valence-corrected chi connectivity index (χ1v) is 10.7. The van der Waals surface area contributed by atoms with E-state index in [1.54, 1.807) is 7.05 Å². The number of nitrogens with two attached hydrogens (primary N) is 1. The molecule has 2 aliphatic rings. The summed E-state index contributed by atoms with van der Waals surface area (Å²) >= 11 is 0. The maximum absolute atomic E-state index is 11.6. The molecular formula is C23H25N7O2. The molecule has 9 heteroatoms. The van der Waals surface area contributed by atoms with Crippen molar-refractivity contribution < 1.29 is 9.53 Å². The first-order valence-electron chi connectivity index (χ1n) is 10.7. The highest BCUT2D eigenvalue weighted by molar-refractivity contribution is 5.89. The molecule has 2 unspecified atom stereocenters. The number of carbonyl (C=O) groups is 1. The molecule has 2 saturated heterocycles. The number of urea groups is 1. The molecule has 5 rings (SSSR count). The van der Waals surface area contributed by atoms with Crippen molar-refractivity contribution in [1.82, 2.24) is 20.3 Å². The van der Waals surface area contributed by atoms with E-state index in [1.807, 2.05) is 48.5 Å². The van der Waals surface area contributed by atoms with E-state index < -0.39 is 0 Å². The quantitative estimate of drug-likeness (QED) is 0.544. The van der Waals surface area contributed by atoms with Gasteiger partial charge in [-0.05, 0) is 61.4 Å². The summed E-state index contributed by atoms with van der Waals surface area (Å²) in [6, 6.07) is 14.7. The number of ether oxygens (including phenoxy) is 1. The zero-order chi connectivity index (χ0) is 22.1. The molecule has 164 valence electrons. The lowest BCUT2D eigenvalue weighted by Gasteiger charge is -2.32. The maximum Gasteiger partial charge on any atom is 0.318 e. The fourth-order valence-electron chi connectivity index (χ4n) is 4.07. The first-order chi connectivity index (χ1) is 15.6. The minimum absolute atomic E-state index is 0.226. The fourth-order valence-corrected chi connectivity index (χ4v) is 4.07. The summed E-state index contributed by atoms with van der Waals surface area (Å²) < 4.78 is 5.98. The first kappa shape index (κ1) is 20.2. The van der Waals surface area contributed by atoms with E-state index >= 15 is 0 Å². The predicted molar refractivity (Wildman–Crippen MR) is 123 cm³/mol. The molecule has 0 spiro atoms. The number of nitrogens with zero attached hydrogens (tertiary/aromatic N) is 4. The Balaban J connectivity index is 1.51. The average molecular weight is 432 g/mol. The van der Waals surface area contributed by atoms with Crippen molar-refractivity contribution in [3.8, 4) is 22.8 Å². The van der Waals surface area contributed by atoms with Crippen LogP contribution in [-0.4, -0.2) is 53.3 Å². The van der Waals surface area contributed by atoms with E-state index in [-0.39, 0.29) is 18.2 Å². The number of nitrogens with one attached hydrogen (secondary N) is 2. The van der Waals surface area contributed by atoms with Crippen molar-refractivity contribution in [3.63, 3.8) is 0 Å². The van der Waals surface area contributed by atoms with E-state index in [9.17, 15) is 4.79 Å². The van der Waals surface area contributed by atoms with Crippen LogP contribution in [-0.2, 0) is 4.74 Å². The maximum atomic E-state index is 11.6. The van der Waals surface area contributed by atoms with Crippen molar-refractivity contribution in [1.29, 1.82) is 0 Å². The molecule has 2 aromatic carbocycles. The lowest BCUT2D eigenvalue weighted by Crippen LogP contribution is -2.43. The molecule has 2 bridgehead atoms. The van der Waals surface area contributed by atoms with Crippen LogP contribution in [0.5, 0.6) is 0 Å². The molecule has 9 nitrogen and oxygen atoms in total. The zero-order valence-electron chi connectivity index (χ0n) is 17.8. The highest BCUT2D eigenvalue weighted by Crippen LogP contribution is 2.30. The fraction of sp³-hybridized carbons (Fsp3) is 0.304. The van der Waals surface area contributed by atoms with E-state index in [2.05, 4.69) is 15.5 Å². The van der Waals surface area contributed by atoms with Crippen LogP contribution in [0.3, 0.4) is 0 Å². The molecule has 2 aliphatic heterocycles. The number of fused-ring (bicyclic) bond motifs is 2. The van der Waals surface area contributed by atoms with Gasteiger partial charge in [-0.3, -0.25) is 0 Å². The lowest BCUT2D eigenvalue weighted by molar-refractivity contribution is 0.0299. The molecule has 3 aromatic rings. The summed E-state index contributed by atoms with van der Waals surface area (Å²) in [5, 5.41) is 5.29. The topological polar surface area (TPSA) is 118 Å². The number of rotatable bonds is 4. The minimum Gasteiger partial charge on any atom is -0.399 e. The Hall–Kier alpha value is -3.72. The third-order valence-corrected chi connectivity index (χ3v) is 5.75. The molecule has 2 amide bonds. The normalized spacial score (nSPS) is 19.6. The minimum atomic E-state index is -0.271. The summed E-state index contributed by atoms with van der Waals surface area (Å²) in [6.07, 6.45) is 2.60. The third kappa shape index (κ3) is 4.19. The molecule has 0 saturated carbocycles. The van der Waals surface area contributed by atoms with Gasteiger partial charge in [0.15, 0.2) is 11.6 Å². The van der Waals surface area contributed by atoms with Gasteiger partial charge >= 0.3 is 6.03 Å². The van der Waals surface area contributed by atoms with E-state index in [0.29, 0.717) is 29.0 Å². The van der Waals surface area contributed by atoms with Gasteiger partial charge in [-0.1, -0.05) is 0 Å². The van der Waals surface area contributed by atoms with Crippen LogP contribution in [0.1, 0.15) is 12.8 Å². The van der Waals surface area contributed by atoms with Crippen molar-refractivity contribution in [3.05, 3.63) is 48.5 Å². The second-order valence-corrected chi connectivity index (χ2v) is 8.05. The average Bonchev–Trinajstić information content (AvgIpc) is 3.16. The zero-order valence-corrected chi connectivity index (χ0v) is 17.8. The Morgan fingerprint density at radius 2 is 1.50 bits per heavy atom. The Bertz CT molecular complexity index is 1110. The Morgan fingerprint density at radius 3 is 2.06 bits per heavy atom. The van der Waals surface area contributed by atoms with Crippen LogP contribution in [0.25, 0.3) is 22.8 Å². The van der Waals surface area contributed by atoms with Gasteiger partial charge in [-0.15, -0.1) is 0 Å². The molecule has 3 heterocycles. The SMILES string of the molecule is CNC(=O)Nc1ccc(-c2nc(-c3ccc(N)cc3)nc(N3CC4CCC(C3)O4)n2)cc1. The van der Waals surface area contributed by atoms with Gasteiger partial charge in [0.2, 0.25) is 5.95 Å². The summed E-state index contributed by atoms with van der Waals surface area (Å²) in [7, 11) is 1.58. The van der Waals surface area contributed by atoms with Crippen molar-refractivity contribution in [2.75, 3.05) is 36.1 Å².